The van der Waals surface area contributed by atoms with Crippen molar-refractivity contribution in [1.29, 1.82) is 0 Å². The van der Waals surface area contributed by atoms with E-state index in [4.69, 9.17) is 4.98 Å². The Morgan fingerprint density at radius 2 is 1.87 bits per heavy atom. The fourth-order valence-electron chi connectivity index (χ4n) is 3.27. The van der Waals surface area contributed by atoms with Crippen molar-refractivity contribution < 1.29 is 0 Å². The molecule has 23 heavy (non-hydrogen) atoms. The number of aromatic nitrogens is 2. The summed E-state index contributed by atoms with van der Waals surface area (Å²) in [7, 11) is 1.92. The maximum Gasteiger partial charge on any atom is 0.0634 e. The highest BCUT2D eigenvalue weighted by Gasteiger charge is 2.16. The van der Waals surface area contributed by atoms with Crippen molar-refractivity contribution >= 4 is 11.4 Å². The third-order valence-corrected chi connectivity index (χ3v) is 4.67. The molecule has 1 aliphatic rings. The highest BCUT2D eigenvalue weighted by molar-refractivity contribution is 5.73. The van der Waals surface area contributed by atoms with Crippen molar-refractivity contribution in [2.75, 3.05) is 30.4 Å². The van der Waals surface area contributed by atoms with E-state index in [1.165, 1.54) is 30.6 Å². The van der Waals surface area contributed by atoms with Crippen molar-refractivity contribution in [2.24, 2.45) is 0 Å². The van der Waals surface area contributed by atoms with E-state index >= 15 is 0 Å². The van der Waals surface area contributed by atoms with Crippen LogP contribution in [0.2, 0.25) is 0 Å². The summed E-state index contributed by atoms with van der Waals surface area (Å²) in [5.41, 5.74) is 6.89. The van der Waals surface area contributed by atoms with Gasteiger partial charge in [-0.2, -0.15) is 0 Å². The molecule has 1 aliphatic heterocycles. The molecule has 1 saturated heterocycles. The lowest BCUT2D eigenvalue weighted by molar-refractivity contribution is 0.575. The van der Waals surface area contributed by atoms with Crippen molar-refractivity contribution in [3.05, 3.63) is 35.9 Å². The van der Waals surface area contributed by atoms with Gasteiger partial charge in [0.1, 0.15) is 0 Å². The van der Waals surface area contributed by atoms with E-state index in [2.05, 4.69) is 41.2 Å². The van der Waals surface area contributed by atoms with Crippen LogP contribution in [-0.4, -0.2) is 30.1 Å². The summed E-state index contributed by atoms with van der Waals surface area (Å²) >= 11 is 0. The molecule has 0 radical (unpaired) electrons. The molecule has 0 bridgehead atoms. The molecule has 3 rings (SSSR count). The molecule has 1 fully saturated rings. The van der Waals surface area contributed by atoms with E-state index in [1.807, 2.05) is 19.4 Å². The third kappa shape index (κ3) is 3.31. The SMILES string of the molecule is CCc1ncc(-c2cc(NC)cnc2C)cc1N1CCCCC1. The van der Waals surface area contributed by atoms with Gasteiger partial charge >= 0.3 is 0 Å². The summed E-state index contributed by atoms with van der Waals surface area (Å²) < 4.78 is 0. The number of hydrogen-bond donors (Lipinski definition) is 1. The number of aryl methyl sites for hydroxylation is 2. The van der Waals surface area contributed by atoms with Crippen LogP contribution in [0.3, 0.4) is 0 Å². The number of piperidine rings is 1. The quantitative estimate of drug-likeness (QED) is 0.925. The summed E-state index contributed by atoms with van der Waals surface area (Å²) in [5.74, 6) is 0. The lowest BCUT2D eigenvalue weighted by Crippen LogP contribution is -2.30. The summed E-state index contributed by atoms with van der Waals surface area (Å²) in [6.07, 6.45) is 8.75. The molecular weight excluding hydrogens is 284 g/mol. The number of anilines is 2. The van der Waals surface area contributed by atoms with Gasteiger partial charge in [-0.15, -0.1) is 0 Å². The number of nitrogens with zero attached hydrogens (tertiary/aromatic N) is 3. The summed E-state index contributed by atoms with van der Waals surface area (Å²) in [5, 5.41) is 3.17. The summed E-state index contributed by atoms with van der Waals surface area (Å²) in [6, 6.07) is 4.46. The van der Waals surface area contributed by atoms with Crippen LogP contribution in [0.25, 0.3) is 11.1 Å². The first-order valence-corrected chi connectivity index (χ1v) is 8.61. The molecule has 4 nitrogen and oxygen atoms in total. The van der Waals surface area contributed by atoms with Crippen molar-refractivity contribution in [3.8, 4) is 11.1 Å². The fraction of sp³-hybridized carbons (Fsp3) is 0.474. The molecule has 3 heterocycles. The normalized spacial score (nSPS) is 14.8. The second-order valence-electron chi connectivity index (χ2n) is 6.20. The van der Waals surface area contributed by atoms with Crippen molar-refractivity contribution in [2.45, 2.75) is 39.5 Å². The van der Waals surface area contributed by atoms with E-state index in [0.29, 0.717) is 0 Å². The molecule has 2 aromatic heterocycles. The largest absolute Gasteiger partial charge is 0.387 e. The Labute approximate surface area is 139 Å². The van der Waals surface area contributed by atoms with Gasteiger partial charge in [0.05, 0.1) is 23.3 Å². The molecule has 1 N–H and O–H groups in total. The maximum atomic E-state index is 4.76. The molecule has 0 atom stereocenters. The van der Waals surface area contributed by atoms with Crippen molar-refractivity contribution in [3.63, 3.8) is 0 Å². The molecule has 0 aromatic carbocycles. The molecule has 4 heteroatoms. The van der Waals surface area contributed by atoms with Crippen LogP contribution in [0.1, 0.15) is 37.6 Å². The number of pyridine rings is 2. The molecule has 2 aromatic rings. The first-order valence-electron chi connectivity index (χ1n) is 8.61. The van der Waals surface area contributed by atoms with Crippen LogP contribution in [0.15, 0.2) is 24.5 Å². The topological polar surface area (TPSA) is 41.1 Å². The van der Waals surface area contributed by atoms with Gasteiger partial charge in [0, 0.05) is 43.2 Å². The predicted molar refractivity (Wildman–Crippen MR) is 97.2 cm³/mol. The van der Waals surface area contributed by atoms with Crippen LogP contribution < -0.4 is 10.2 Å². The van der Waals surface area contributed by atoms with Crippen LogP contribution in [0, 0.1) is 6.92 Å². The van der Waals surface area contributed by atoms with Gasteiger partial charge in [-0.1, -0.05) is 6.92 Å². The smallest absolute Gasteiger partial charge is 0.0634 e. The van der Waals surface area contributed by atoms with Gasteiger partial charge in [-0.25, -0.2) is 0 Å². The number of nitrogens with one attached hydrogen (secondary N) is 1. The lowest BCUT2D eigenvalue weighted by atomic mass is 10.0. The summed E-state index contributed by atoms with van der Waals surface area (Å²) in [6.45, 7) is 6.53. The number of hydrogen-bond acceptors (Lipinski definition) is 4. The van der Waals surface area contributed by atoms with Gasteiger partial charge in [0.2, 0.25) is 0 Å². The Morgan fingerprint density at radius 3 is 2.57 bits per heavy atom. The second kappa shape index (κ2) is 6.99. The van der Waals surface area contributed by atoms with E-state index in [9.17, 15) is 0 Å². The lowest BCUT2D eigenvalue weighted by Gasteiger charge is -2.30. The second-order valence-corrected chi connectivity index (χ2v) is 6.20. The molecule has 0 unspecified atom stereocenters. The van der Waals surface area contributed by atoms with Crippen LogP contribution in [0.5, 0.6) is 0 Å². The summed E-state index contributed by atoms with van der Waals surface area (Å²) in [4.78, 5) is 11.8. The third-order valence-electron chi connectivity index (χ3n) is 4.67. The van der Waals surface area contributed by atoms with Gasteiger partial charge < -0.3 is 10.2 Å². The highest BCUT2D eigenvalue weighted by Crippen LogP contribution is 2.31. The first kappa shape index (κ1) is 15.8. The standard InChI is InChI=1S/C19H26N4/c1-4-18-19(23-8-6-5-7-9-23)10-15(12-22-18)17-11-16(20-3)13-21-14(17)2/h10-13,20H,4-9H2,1-3H3. The fourth-order valence-corrected chi connectivity index (χ4v) is 3.27. The molecule has 0 amide bonds. The molecule has 122 valence electrons. The zero-order valence-corrected chi connectivity index (χ0v) is 14.4. The predicted octanol–water partition coefficient (Wildman–Crippen LogP) is 4.05. The maximum absolute atomic E-state index is 4.76. The zero-order chi connectivity index (χ0) is 16.2. The first-order chi connectivity index (χ1) is 11.2. The molecular formula is C19H26N4. The average Bonchev–Trinajstić information content (AvgIpc) is 2.62. The van der Waals surface area contributed by atoms with E-state index in [1.54, 1.807) is 0 Å². The van der Waals surface area contributed by atoms with Gasteiger partial charge in [0.15, 0.2) is 0 Å². The van der Waals surface area contributed by atoms with Gasteiger partial charge in [0.25, 0.3) is 0 Å². The zero-order valence-electron chi connectivity index (χ0n) is 14.4. The van der Waals surface area contributed by atoms with E-state index in [0.717, 1.165) is 42.0 Å². The molecule has 0 saturated carbocycles. The Balaban J connectivity index is 2.03. The minimum absolute atomic E-state index is 0.972. The Hall–Kier alpha value is -2.10. The average molecular weight is 310 g/mol. The monoisotopic (exact) mass is 310 g/mol. The highest BCUT2D eigenvalue weighted by atomic mass is 15.1. The Kier molecular flexibility index (Phi) is 4.79. The van der Waals surface area contributed by atoms with Gasteiger partial charge in [-0.3, -0.25) is 9.97 Å². The molecule has 0 aliphatic carbocycles. The van der Waals surface area contributed by atoms with E-state index < -0.39 is 0 Å². The van der Waals surface area contributed by atoms with Crippen molar-refractivity contribution in [1.82, 2.24) is 9.97 Å². The van der Waals surface area contributed by atoms with E-state index in [-0.39, 0.29) is 0 Å². The van der Waals surface area contributed by atoms with Crippen LogP contribution in [0.4, 0.5) is 11.4 Å². The Bertz CT molecular complexity index is 675. The van der Waals surface area contributed by atoms with Crippen LogP contribution >= 0.6 is 0 Å². The minimum Gasteiger partial charge on any atom is -0.387 e. The van der Waals surface area contributed by atoms with Crippen LogP contribution in [-0.2, 0) is 6.42 Å². The molecule has 0 spiro atoms. The van der Waals surface area contributed by atoms with Gasteiger partial charge in [-0.05, 0) is 44.7 Å². The minimum atomic E-state index is 0.972. The Morgan fingerprint density at radius 1 is 1.09 bits per heavy atom. The number of rotatable bonds is 4.